The Labute approximate surface area is 190 Å². The molecule has 0 spiro atoms. The largest absolute Gasteiger partial charge is 0.454 e. The Bertz CT molecular complexity index is 1100. The highest BCUT2D eigenvalue weighted by Gasteiger charge is 2.25. The summed E-state index contributed by atoms with van der Waals surface area (Å²) >= 11 is 0. The molecule has 2 aliphatic rings. The van der Waals surface area contributed by atoms with Crippen LogP contribution in [-0.4, -0.2) is 37.4 Å². The van der Waals surface area contributed by atoms with Crippen molar-refractivity contribution in [3.05, 3.63) is 95.6 Å². The van der Waals surface area contributed by atoms with Gasteiger partial charge in [-0.2, -0.15) is 0 Å². The zero-order chi connectivity index (χ0) is 24.5. The van der Waals surface area contributed by atoms with Gasteiger partial charge in [0.2, 0.25) is 6.79 Å². The van der Waals surface area contributed by atoms with Crippen LogP contribution >= 0.6 is 0 Å². The fraction of sp³-hybridized carbons (Fsp3) is 0.333. The summed E-state index contributed by atoms with van der Waals surface area (Å²) in [6, 6.07) is 24.8. The van der Waals surface area contributed by atoms with Crippen LogP contribution in [0.25, 0.3) is 0 Å². The Hall–Kier alpha value is -2.82. The Morgan fingerprint density at radius 3 is 2.39 bits per heavy atom. The lowest BCUT2D eigenvalue weighted by atomic mass is 10.00. The summed E-state index contributed by atoms with van der Waals surface area (Å²) in [6.07, 6.45) is -1.28. The molecule has 1 atom stereocenters. The first-order valence-electron chi connectivity index (χ1n) is 12.8. The highest BCUT2D eigenvalue weighted by molar-refractivity contribution is 5.44. The molecule has 0 bridgehead atoms. The lowest BCUT2D eigenvalue weighted by molar-refractivity contribution is -0.0330. The van der Waals surface area contributed by atoms with Gasteiger partial charge in [-0.3, -0.25) is 0 Å². The normalized spacial score (nSPS) is 21.3. The van der Waals surface area contributed by atoms with Crippen LogP contribution in [0.15, 0.2) is 78.9 Å². The molecule has 1 saturated heterocycles. The SMILES string of the molecule is [2H]C([2H])(c1ccc2c(c1)OCO2)C([2H])([2H])N1CCC[C@@H](OC(c2ccccc2)c2ccccc2)C1. The maximum absolute atomic E-state index is 8.85. The highest BCUT2D eigenvalue weighted by Crippen LogP contribution is 2.33. The number of ether oxygens (including phenoxy) is 3. The second kappa shape index (κ2) is 9.54. The maximum Gasteiger partial charge on any atom is 0.231 e. The van der Waals surface area contributed by atoms with Gasteiger partial charge in [0.1, 0.15) is 6.10 Å². The first kappa shape index (κ1) is 15.9. The van der Waals surface area contributed by atoms with E-state index in [-0.39, 0.29) is 24.6 Å². The van der Waals surface area contributed by atoms with Gasteiger partial charge in [-0.05, 0) is 54.6 Å². The minimum atomic E-state index is -2.27. The molecule has 5 rings (SSSR count). The number of nitrogens with zero attached hydrogens (tertiary/aromatic N) is 1. The molecule has 0 amide bonds. The molecule has 0 radical (unpaired) electrons. The average molecular weight is 420 g/mol. The predicted molar refractivity (Wildman–Crippen MR) is 122 cm³/mol. The van der Waals surface area contributed by atoms with E-state index in [1.165, 1.54) is 0 Å². The van der Waals surface area contributed by atoms with Gasteiger partial charge >= 0.3 is 0 Å². The van der Waals surface area contributed by atoms with Gasteiger partial charge < -0.3 is 19.1 Å². The van der Waals surface area contributed by atoms with Crippen LogP contribution in [-0.2, 0) is 11.1 Å². The number of likely N-dealkylation sites (tertiary alicyclic amines) is 1. The van der Waals surface area contributed by atoms with Crippen molar-refractivity contribution in [1.29, 1.82) is 0 Å². The quantitative estimate of drug-likeness (QED) is 0.525. The molecule has 2 aliphatic heterocycles. The fourth-order valence-electron chi connectivity index (χ4n) is 4.07. The summed E-state index contributed by atoms with van der Waals surface area (Å²) in [7, 11) is 0. The maximum atomic E-state index is 8.85. The van der Waals surface area contributed by atoms with E-state index in [0.29, 0.717) is 24.6 Å². The van der Waals surface area contributed by atoms with Crippen molar-refractivity contribution in [2.24, 2.45) is 0 Å². The van der Waals surface area contributed by atoms with Crippen LogP contribution in [0, 0.1) is 0 Å². The number of rotatable bonds is 7. The zero-order valence-corrected chi connectivity index (χ0v) is 17.4. The summed E-state index contributed by atoms with van der Waals surface area (Å²) < 4.78 is 52.5. The van der Waals surface area contributed by atoms with Crippen LogP contribution in [0.5, 0.6) is 11.5 Å². The van der Waals surface area contributed by atoms with Crippen LogP contribution in [0.1, 0.15) is 41.1 Å². The first-order valence-corrected chi connectivity index (χ1v) is 10.8. The number of aryl methyl sites for hydroxylation is 1. The highest BCUT2D eigenvalue weighted by atomic mass is 16.7. The molecule has 0 saturated carbocycles. The third-order valence-electron chi connectivity index (χ3n) is 5.64. The van der Waals surface area contributed by atoms with Crippen molar-refractivity contribution in [1.82, 2.24) is 4.90 Å². The molecule has 3 aromatic rings. The molecule has 31 heavy (non-hydrogen) atoms. The summed E-state index contributed by atoms with van der Waals surface area (Å²) in [5.41, 5.74) is 2.30. The number of benzene rings is 3. The molecule has 3 aromatic carbocycles. The average Bonchev–Trinajstić information content (AvgIpc) is 3.36. The van der Waals surface area contributed by atoms with E-state index in [4.69, 9.17) is 19.7 Å². The lowest BCUT2D eigenvalue weighted by Gasteiger charge is -2.35. The van der Waals surface area contributed by atoms with Crippen molar-refractivity contribution < 1.29 is 19.7 Å². The van der Waals surface area contributed by atoms with Crippen LogP contribution < -0.4 is 9.47 Å². The minimum Gasteiger partial charge on any atom is -0.454 e. The summed E-state index contributed by atoms with van der Waals surface area (Å²) in [6.45, 7) is -1.41. The van der Waals surface area contributed by atoms with Crippen molar-refractivity contribution in [2.45, 2.75) is 31.4 Å². The second-order valence-electron chi connectivity index (χ2n) is 7.85. The Morgan fingerprint density at radius 1 is 0.935 bits per heavy atom. The topological polar surface area (TPSA) is 30.9 Å². The van der Waals surface area contributed by atoms with Gasteiger partial charge in [0.25, 0.3) is 0 Å². The Kier molecular flexibility index (Phi) is 4.90. The molecule has 4 heteroatoms. The molecular formula is C27H29NO3. The zero-order valence-electron chi connectivity index (χ0n) is 21.4. The van der Waals surface area contributed by atoms with Crippen LogP contribution in [0.3, 0.4) is 0 Å². The van der Waals surface area contributed by atoms with E-state index in [1.54, 1.807) is 23.1 Å². The molecule has 0 N–H and O–H groups in total. The number of fused-ring (bicyclic) bond motifs is 1. The molecule has 2 heterocycles. The third kappa shape index (κ3) is 4.92. The van der Waals surface area contributed by atoms with Gasteiger partial charge in [0.05, 0.1) is 6.10 Å². The summed E-state index contributed by atoms with van der Waals surface area (Å²) in [4.78, 5) is 1.58. The molecule has 0 aromatic heterocycles. The lowest BCUT2D eigenvalue weighted by Crippen LogP contribution is -2.41. The molecule has 0 unspecified atom stereocenters. The van der Waals surface area contributed by atoms with E-state index < -0.39 is 12.9 Å². The fourth-order valence-corrected chi connectivity index (χ4v) is 4.07. The smallest absolute Gasteiger partial charge is 0.231 e. The third-order valence-corrected chi connectivity index (χ3v) is 5.64. The molecular weight excluding hydrogens is 386 g/mol. The van der Waals surface area contributed by atoms with Crippen LogP contribution in [0.4, 0.5) is 0 Å². The molecule has 160 valence electrons. The van der Waals surface area contributed by atoms with E-state index >= 15 is 0 Å². The van der Waals surface area contributed by atoms with Gasteiger partial charge in [-0.15, -0.1) is 0 Å². The standard InChI is InChI=1S/C27H29NO3/c1-3-8-22(9-4-1)27(23-10-5-2-6-11-23)31-24-12-7-16-28(19-24)17-15-21-13-14-25-26(18-21)30-20-29-25/h1-6,8-11,13-14,18,24,27H,7,12,15-17,19-20H2/t24-/m1/s1/i15D2,17D2. The molecule has 4 nitrogen and oxygen atoms in total. The van der Waals surface area contributed by atoms with Crippen molar-refractivity contribution in [2.75, 3.05) is 26.4 Å². The Morgan fingerprint density at radius 2 is 1.65 bits per heavy atom. The number of hydrogen-bond donors (Lipinski definition) is 0. The summed E-state index contributed by atoms with van der Waals surface area (Å²) in [5, 5.41) is 0. The molecule has 1 fully saturated rings. The van der Waals surface area contributed by atoms with E-state index in [1.807, 2.05) is 60.7 Å². The van der Waals surface area contributed by atoms with Crippen molar-refractivity contribution >= 4 is 0 Å². The minimum absolute atomic E-state index is 0.0871. The van der Waals surface area contributed by atoms with E-state index in [2.05, 4.69) is 0 Å². The van der Waals surface area contributed by atoms with Gasteiger partial charge in [0, 0.05) is 18.5 Å². The number of piperidine rings is 1. The number of hydrogen-bond acceptors (Lipinski definition) is 4. The first-order chi connectivity index (χ1) is 16.9. The summed E-state index contributed by atoms with van der Waals surface area (Å²) in [5.74, 6) is 0.986. The van der Waals surface area contributed by atoms with Crippen molar-refractivity contribution in [3.8, 4) is 11.5 Å². The van der Waals surface area contributed by atoms with Crippen molar-refractivity contribution in [3.63, 3.8) is 0 Å². The molecule has 0 aliphatic carbocycles. The monoisotopic (exact) mass is 419 g/mol. The van der Waals surface area contributed by atoms with Crippen LogP contribution in [0.2, 0.25) is 0 Å². The van der Waals surface area contributed by atoms with Gasteiger partial charge in [-0.1, -0.05) is 66.7 Å². The van der Waals surface area contributed by atoms with Gasteiger partial charge in [-0.25, -0.2) is 0 Å². The second-order valence-corrected chi connectivity index (χ2v) is 7.85. The van der Waals surface area contributed by atoms with E-state index in [9.17, 15) is 0 Å². The Balaban J connectivity index is 1.36. The van der Waals surface area contributed by atoms with Gasteiger partial charge in [0.15, 0.2) is 11.5 Å². The predicted octanol–water partition coefficient (Wildman–Crippen LogP) is 5.23. The van der Waals surface area contributed by atoms with E-state index in [0.717, 1.165) is 24.0 Å².